The number of likely N-dealkylation sites (N-methyl/N-ethyl adjacent to an activating group) is 1. The highest BCUT2D eigenvalue weighted by Crippen LogP contribution is 2.26. The van der Waals surface area contributed by atoms with Crippen LogP contribution in [0.1, 0.15) is 18.1 Å². The van der Waals surface area contributed by atoms with E-state index in [-0.39, 0.29) is 18.0 Å². The van der Waals surface area contributed by atoms with Crippen molar-refractivity contribution in [2.45, 2.75) is 20.3 Å². The zero-order valence-electron chi connectivity index (χ0n) is 13.0. The molecule has 0 saturated carbocycles. The lowest BCUT2D eigenvalue weighted by Crippen LogP contribution is -2.32. The summed E-state index contributed by atoms with van der Waals surface area (Å²) in [4.78, 5) is 24.7. The van der Waals surface area contributed by atoms with Gasteiger partial charge in [0.1, 0.15) is 0 Å². The molecule has 0 aliphatic carbocycles. The molecule has 1 amide bonds. The molecule has 5 nitrogen and oxygen atoms in total. The van der Waals surface area contributed by atoms with Gasteiger partial charge in [-0.2, -0.15) is 0 Å². The number of nitro benzene ring substituents is 1. The Kier molecular flexibility index (Phi) is 5.34. The Hall–Kier alpha value is -2.40. The molecular formula is C17H17ClN2O3. The van der Waals surface area contributed by atoms with Gasteiger partial charge in [-0.3, -0.25) is 14.9 Å². The Morgan fingerprint density at radius 1 is 1.26 bits per heavy atom. The van der Waals surface area contributed by atoms with Gasteiger partial charge in [-0.1, -0.05) is 29.8 Å². The Morgan fingerprint density at radius 2 is 2.00 bits per heavy atom. The van der Waals surface area contributed by atoms with E-state index in [4.69, 9.17) is 11.6 Å². The summed E-state index contributed by atoms with van der Waals surface area (Å²) in [6, 6.07) is 11.6. The SMILES string of the molecule is CCN(C(=O)Cc1cccc(Cl)c1)c1cc([N+](=O)[O-])ccc1C. The maximum Gasteiger partial charge on any atom is 0.271 e. The number of aryl methyl sites for hydroxylation is 1. The van der Waals surface area contributed by atoms with Gasteiger partial charge in [-0.05, 0) is 37.1 Å². The second-order valence-electron chi connectivity index (χ2n) is 5.17. The highest BCUT2D eigenvalue weighted by molar-refractivity contribution is 6.30. The number of carbonyl (C=O) groups excluding carboxylic acids is 1. The lowest BCUT2D eigenvalue weighted by molar-refractivity contribution is -0.384. The van der Waals surface area contributed by atoms with Gasteiger partial charge in [0.05, 0.1) is 17.0 Å². The number of rotatable bonds is 5. The highest BCUT2D eigenvalue weighted by Gasteiger charge is 2.19. The molecule has 0 atom stereocenters. The van der Waals surface area contributed by atoms with Gasteiger partial charge in [0.25, 0.3) is 5.69 Å². The molecule has 0 aliphatic rings. The van der Waals surface area contributed by atoms with Crippen molar-refractivity contribution < 1.29 is 9.72 Å². The summed E-state index contributed by atoms with van der Waals surface area (Å²) in [5, 5.41) is 11.5. The van der Waals surface area contributed by atoms with Crippen LogP contribution in [0.15, 0.2) is 42.5 Å². The minimum absolute atomic E-state index is 0.0281. The topological polar surface area (TPSA) is 63.5 Å². The molecule has 0 aliphatic heterocycles. The second-order valence-corrected chi connectivity index (χ2v) is 5.61. The van der Waals surface area contributed by atoms with Crippen LogP contribution in [0.5, 0.6) is 0 Å². The fourth-order valence-electron chi connectivity index (χ4n) is 2.40. The molecule has 0 spiro atoms. The summed E-state index contributed by atoms with van der Waals surface area (Å²) in [5.41, 5.74) is 2.16. The van der Waals surface area contributed by atoms with Crippen molar-refractivity contribution in [1.29, 1.82) is 0 Å². The maximum atomic E-state index is 12.6. The molecule has 0 heterocycles. The zero-order chi connectivity index (χ0) is 17.0. The molecule has 23 heavy (non-hydrogen) atoms. The van der Waals surface area contributed by atoms with Gasteiger partial charge in [0.15, 0.2) is 0 Å². The van der Waals surface area contributed by atoms with E-state index in [1.807, 2.05) is 19.9 Å². The first-order chi connectivity index (χ1) is 10.9. The number of hydrogen-bond acceptors (Lipinski definition) is 3. The van der Waals surface area contributed by atoms with Crippen LogP contribution in [0.4, 0.5) is 11.4 Å². The Labute approximate surface area is 139 Å². The van der Waals surface area contributed by atoms with E-state index < -0.39 is 4.92 Å². The molecule has 6 heteroatoms. The first kappa shape index (κ1) is 17.0. The number of non-ortho nitro benzene ring substituents is 1. The van der Waals surface area contributed by atoms with Crippen LogP contribution in [0.3, 0.4) is 0 Å². The van der Waals surface area contributed by atoms with Gasteiger partial charge in [-0.25, -0.2) is 0 Å². The van der Waals surface area contributed by atoms with Gasteiger partial charge >= 0.3 is 0 Å². The van der Waals surface area contributed by atoms with Gasteiger partial charge in [-0.15, -0.1) is 0 Å². The Bertz CT molecular complexity index is 746. The van der Waals surface area contributed by atoms with E-state index in [0.29, 0.717) is 17.3 Å². The van der Waals surface area contributed by atoms with Crippen LogP contribution in [-0.2, 0) is 11.2 Å². The summed E-state index contributed by atoms with van der Waals surface area (Å²) in [6.07, 6.45) is 0.191. The van der Waals surface area contributed by atoms with Crippen molar-refractivity contribution >= 4 is 28.9 Å². The monoisotopic (exact) mass is 332 g/mol. The van der Waals surface area contributed by atoms with Gasteiger partial charge in [0, 0.05) is 23.7 Å². The van der Waals surface area contributed by atoms with Crippen molar-refractivity contribution in [3.8, 4) is 0 Å². The molecule has 0 unspecified atom stereocenters. The third kappa shape index (κ3) is 4.07. The Morgan fingerprint density at radius 3 is 2.61 bits per heavy atom. The van der Waals surface area contributed by atoms with Crippen LogP contribution in [0, 0.1) is 17.0 Å². The number of hydrogen-bond donors (Lipinski definition) is 0. The fraction of sp³-hybridized carbons (Fsp3) is 0.235. The minimum Gasteiger partial charge on any atom is -0.312 e. The molecule has 0 N–H and O–H groups in total. The average molecular weight is 333 g/mol. The zero-order valence-corrected chi connectivity index (χ0v) is 13.7. The summed E-state index contributed by atoms with van der Waals surface area (Å²) in [7, 11) is 0. The number of anilines is 1. The van der Waals surface area contributed by atoms with E-state index in [2.05, 4.69) is 0 Å². The summed E-state index contributed by atoms with van der Waals surface area (Å²) < 4.78 is 0. The van der Waals surface area contributed by atoms with E-state index in [0.717, 1.165) is 11.1 Å². The standard InChI is InChI=1S/C17H17ClN2O3/c1-3-19(16-11-15(20(22)23)8-7-12(16)2)17(21)10-13-5-4-6-14(18)9-13/h4-9,11H,3,10H2,1-2H3. The first-order valence-corrected chi connectivity index (χ1v) is 7.60. The van der Waals surface area contributed by atoms with Crippen molar-refractivity contribution in [1.82, 2.24) is 0 Å². The molecule has 120 valence electrons. The predicted molar refractivity (Wildman–Crippen MR) is 91.0 cm³/mol. The molecule has 0 radical (unpaired) electrons. The summed E-state index contributed by atoms with van der Waals surface area (Å²) in [5.74, 6) is -0.127. The van der Waals surface area contributed by atoms with Crippen molar-refractivity contribution in [3.05, 3.63) is 68.7 Å². The normalized spacial score (nSPS) is 10.4. The lowest BCUT2D eigenvalue weighted by atomic mass is 10.1. The van der Waals surface area contributed by atoms with E-state index >= 15 is 0 Å². The van der Waals surface area contributed by atoms with Crippen LogP contribution in [0.25, 0.3) is 0 Å². The number of carbonyl (C=O) groups is 1. The van der Waals surface area contributed by atoms with Gasteiger partial charge in [0.2, 0.25) is 5.91 Å². The first-order valence-electron chi connectivity index (χ1n) is 7.22. The van der Waals surface area contributed by atoms with Crippen LogP contribution in [-0.4, -0.2) is 17.4 Å². The summed E-state index contributed by atoms with van der Waals surface area (Å²) >= 11 is 5.94. The van der Waals surface area contributed by atoms with Gasteiger partial charge < -0.3 is 4.90 Å². The molecule has 0 bridgehead atoms. The number of nitro groups is 1. The van der Waals surface area contributed by atoms with Crippen molar-refractivity contribution in [2.75, 3.05) is 11.4 Å². The lowest BCUT2D eigenvalue weighted by Gasteiger charge is -2.23. The molecule has 0 saturated heterocycles. The number of amides is 1. The summed E-state index contributed by atoms with van der Waals surface area (Å²) in [6.45, 7) is 4.10. The fourth-order valence-corrected chi connectivity index (χ4v) is 2.61. The molecule has 2 rings (SSSR count). The number of halogens is 1. The molecule has 2 aromatic rings. The van der Waals surface area contributed by atoms with E-state index in [9.17, 15) is 14.9 Å². The molecule has 0 fully saturated rings. The second kappa shape index (κ2) is 7.24. The highest BCUT2D eigenvalue weighted by atomic mass is 35.5. The predicted octanol–water partition coefficient (Wildman–Crippen LogP) is 4.15. The largest absolute Gasteiger partial charge is 0.312 e. The number of nitrogens with zero attached hydrogens (tertiary/aromatic N) is 2. The third-order valence-corrected chi connectivity index (χ3v) is 3.79. The number of benzene rings is 2. The van der Waals surface area contributed by atoms with Crippen LogP contribution in [0.2, 0.25) is 5.02 Å². The maximum absolute atomic E-state index is 12.6. The van der Waals surface area contributed by atoms with Crippen molar-refractivity contribution in [2.24, 2.45) is 0 Å². The Balaban J connectivity index is 2.30. The van der Waals surface area contributed by atoms with E-state index in [1.54, 1.807) is 29.2 Å². The minimum atomic E-state index is -0.460. The van der Waals surface area contributed by atoms with Crippen molar-refractivity contribution in [3.63, 3.8) is 0 Å². The van der Waals surface area contributed by atoms with E-state index in [1.165, 1.54) is 12.1 Å². The van der Waals surface area contributed by atoms with Crippen LogP contribution >= 0.6 is 11.6 Å². The smallest absolute Gasteiger partial charge is 0.271 e. The third-order valence-electron chi connectivity index (χ3n) is 3.56. The molecule has 0 aromatic heterocycles. The van der Waals surface area contributed by atoms with Crippen LogP contribution < -0.4 is 4.90 Å². The quantitative estimate of drug-likeness (QED) is 0.610. The average Bonchev–Trinajstić information content (AvgIpc) is 2.49. The molecule has 2 aromatic carbocycles. The molecular weight excluding hydrogens is 316 g/mol.